The third-order valence-corrected chi connectivity index (χ3v) is 14.4. The highest BCUT2D eigenvalue weighted by atomic mass is 33.1. The van der Waals surface area contributed by atoms with Crippen molar-refractivity contribution in [3.05, 3.63) is 0 Å². The Morgan fingerprint density at radius 3 is 1.90 bits per heavy atom. The molecule has 0 bridgehead atoms. The summed E-state index contributed by atoms with van der Waals surface area (Å²) in [5.74, 6) is -6.49. The highest BCUT2D eigenvalue weighted by molar-refractivity contribution is 8.77. The van der Waals surface area contributed by atoms with Gasteiger partial charge in [0.15, 0.2) is 11.9 Å². The van der Waals surface area contributed by atoms with Gasteiger partial charge in [-0.2, -0.15) is 11.8 Å². The first-order chi connectivity index (χ1) is 31.5. The van der Waals surface area contributed by atoms with E-state index in [1.165, 1.54) is 23.6 Å². The van der Waals surface area contributed by atoms with E-state index >= 15 is 0 Å². The Balaban J connectivity index is 2.68. The van der Waals surface area contributed by atoms with E-state index in [4.69, 9.17) is 28.7 Å². The van der Waals surface area contributed by atoms with Crippen molar-refractivity contribution in [2.45, 2.75) is 133 Å². The second-order valence-electron chi connectivity index (χ2n) is 17.1. The standard InChI is InChI=1S/C40H71N15O9S3/c1-21(2)18-26-34(61)51-23(10-7-14-46-38(42)43)32(59)48-19-29(57)50-27(31(41)58)20-66-67-40(4,5)30(49-22(3)56)36(63)53-25(13-17-65-6)37(64)55-16-9-12-28(55)35(62)52-24(33(60)54-26)11-8-15-47-39(44)45/h21,23-28,30H,7-20H2,1-6H3,(H2,41,58)(H,48,59)(H,49,56)(H,50,57)(H,51,61)(H,52,62)(H,53,63)(H,54,60)(H4,42,43,46)(H4,44,45,47)/t23-,24-,25-,26-,27-,28-,30+/m0/s1. The molecule has 2 heterocycles. The number of carbonyl (C=O) groups excluding carboxylic acids is 9. The summed E-state index contributed by atoms with van der Waals surface area (Å²) in [5, 5.41) is 18.7. The molecule has 0 radical (unpaired) electrons. The van der Waals surface area contributed by atoms with Crippen LogP contribution in [0.25, 0.3) is 0 Å². The summed E-state index contributed by atoms with van der Waals surface area (Å²) >= 11 is 1.44. The van der Waals surface area contributed by atoms with E-state index in [9.17, 15) is 43.2 Å². The van der Waals surface area contributed by atoms with Crippen molar-refractivity contribution < 1.29 is 43.2 Å². The number of carbonyl (C=O) groups is 9. The van der Waals surface area contributed by atoms with E-state index in [-0.39, 0.29) is 88.2 Å². The number of nitrogens with zero attached hydrogens (tertiary/aromatic N) is 3. The Bertz CT molecular complexity index is 1810. The van der Waals surface area contributed by atoms with Crippen molar-refractivity contribution in [2.75, 3.05) is 43.9 Å². The fraction of sp³-hybridized carbons (Fsp3) is 0.725. The fourth-order valence-electron chi connectivity index (χ4n) is 7.10. The summed E-state index contributed by atoms with van der Waals surface area (Å²) < 4.78 is -1.10. The lowest BCUT2D eigenvalue weighted by Gasteiger charge is -2.35. The zero-order chi connectivity index (χ0) is 50.4. The van der Waals surface area contributed by atoms with Crippen LogP contribution in [-0.4, -0.2) is 161 Å². The summed E-state index contributed by atoms with van der Waals surface area (Å²) in [6, 6.07) is -8.33. The third kappa shape index (κ3) is 20.7. The van der Waals surface area contributed by atoms with E-state index in [0.717, 1.165) is 21.6 Å². The van der Waals surface area contributed by atoms with Gasteiger partial charge in [-0.25, -0.2) is 0 Å². The van der Waals surface area contributed by atoms with Crippen molar-refractivity contribution in [3.63, 3.8) is 0 Å². The average molecular weight is 1000 g/mol. The average Bonchev–Trinajstić information content (AvgIpc) is 3.74. The molecule has 7 atom stereocenters. The maximum absolute atomic E-state index is 14.4. The lowest BCUT2D eigenvalue weighted by Crippen LogP contribution is -2.61. The van der Waals surface area contributed by atoms with E-state index in [1.807, 2.05) is 20.1 Å². The molecule has 2 rings (SSSR count). The zero-order valence-electron chi connectivity index (χ0n) is 39.1. The maximum atomic E-state index is 14.4. The van der Waals surface area contributed by atoms with E-state index in [2.05, 4.69) is 47.2 Å². The molecule has 17 N–H and O–H groups in total. The number of hydrogen-bond acceptors (Lipinski definition) is 14. The summed E-state index contributed by atoms with van der Waals surface area (Å²) in [6.07, 6.45) is 3.26. The number of amides is 9. The molecule has 2 aliphatic heterocycles. The van der Waals surface area contributed by atoms with Gasteiger partial charge in [-0.3, -0.25) is 53.1 Å². The van der Waals surface area contributed by atoms with E-state index in [0.29, 0.717) is 12.2 Å². The summed E-state index contributed by atoms with van der Waals surface area (Å²) in [6.45, 7) is 7.97. The number of nitrogens with one attached hydrogen (secondary N) is 7. The Hall–Kier alpha value is -5.18. The topological polar surface area (TPSA) is 396 Å². The van der Waals surface area contributed by atoms with Crippen LogP contribution in [0.15, 0.2) is 9.98 Å². The lowest BCUT2D eigenvalue weighted by atomic mass is 10.0. The first-order valence-corrected chi connectivity index (χ1v) is 25.7. The number of rotatable bonds is 15. The molecule has 27 heteroatoms. The fourth-order valence-corrected chi connectivity index (χ4v) is 10.4. The number of aliphatic imine (C=N–C) groups is 2. The van der Waals surface area contributed by atoms with Gasteiger partial charge in [-0.05, 0) is 83.1 Å². The first-order valence-electron chi connectivity index (χ1n) is 22.0. The molecule has 0 aromatic rings. The first kappa shape index (κ1) is 57.9. The van der Waals surface area contributed by atoms with Gasteiger partial charge in [0.05, 0.1) is 6.54 Å². The maximum Gasteiger partial charge on any atom is 0.245 e. The molecule has 67 heavy (non-hydrogen) atoms. The van der Waals surface area contributed by atoms with Gasteiger partial charge in [0.25, 0.3) is 0 Å². The second-order valence-corrected chi connectivity index (χ2v) is 21.1. The number of hydrogen-bond donors (Lipinski definition) is 12. The van der Waals surface area contributed by atoms with Crippen LogP contribution in [0.1, 0.15) is 86.0 Å². The number of nitrogens with two attached hydrogens (primary N) is 5. The van der Waals surface area contributed by atoms with Crippen molar-refractivity contribution in [1.29, 1.82) is 0 Å². The molecule has 0 saturated carbocycles. The minimum absolute atomic E-state index is 0.00159. The Morgan fingerprint density at radius 2 is 1.34 bits per heavy atom. The normalized spacial score (nSPS) is 25.3. The van der Waals surface area contributed by atoms with Crippen LogP contribution in [0.5, 0.6) is 0 Å². The predicted molar refractivity (Wildman–Crippen MR) is 261 cm³/mol. The number of guanidine groups is 2. The van der Waals surface area contributed by atoms with Gasteiger partial charge in [-0.1, -0.05) is 35.4 Å². The Kier molecular flexibility index (Phi) is 25.0. The quantitative estimate of drug-likeness (QED) is 0.0329. The van der Waals surface area contributed by atoms with Crippen LogP contribution < -0.4 is 65.9 Å². The molecule has 0 unspecified atom stereocenters. The molecule has 9 amide bonds. The molecule has 0 aromatic heterocycles. The smallest absolute Gasteiger partial charge is 0.245 e. The van der Waals surface area contributed by atoms with Gasteiger partial charge in [0.1, 0.15) is 42.3 Å². The highest BCUT2D eigenvalue weighted by Crippen LogP contribution is 2.39. The summed E-state index contributed by atoms with van der Waals surface area (Å²) in [4.78, 5) is 132. The Morgan fingerprint density at radius 1 is 0.791 bits per heavy atom. The molecule has 0 aromatic carbocycles. The molecule has 2 fully saturated rings. The van der Waals surface area contributed by atoms with Crippen LogP contribution in [0.2, 0.25) is 0 Å². The van der Waals surface area contributed by atoms with Crippen LogP contribution in [0.3, 0.4) is 0 Å². The van der Waals surface area contributed by atoms with Crippen molar-refractivity contribution >= 4 is 98.4 Å². The van der Waals surface area contributed by atoms with Gasteiger partial charge in [-0.15, -0.1) is 0 Å². The Labute approximate surface area is 403 Å². The monoisotopic (exact) mass is 1000 g/mol. The number of thioether (sulfide) groups is 1. The molecule has 24 nitrogen and oxygen atoms in total. The van der Waals surface area contributed by atoms with Crippen LogP contribution >= 0.6 is 33.3 Å². The minimum Gasteiger partial charge on any atom is -0.370 e. The zero-order valence-corrected chi connectivity index (χ0v) is 41.6. The van der Waals surface area contributed by atoms with E-state index in [1.54, 1.807) is 13.8 Å². The van der Waals surface area contributed by atoms with Crippen LogP contribution in [0.4, 0.5) is 0 Å². The van der Waals surface area contributed by atoms with E-state index < -0.39 is 107 Å². The minimum atomic E-state index is -1.25. The highest BCUT2D eigenvalue weighted by Gasteiger charge is 2.42. The third-order valence-electron chi connectivity index (χ3n) is 10.5. The predicted octanol–water partition coefficient (Wildman–Crippen LogP) is -3.41. The van der Waals surface area contributed by atoms with Crippen molar-refractivity contribution in [1.82, 2.24) is 42.1 Å². The van der Waals surface area contributed by atoms with Gasteiger partial charge in [0, 0.05) is 37.1 Å². The second kappa shape index (κ2) is 28.9. The number of fused-ring (bicyclic) bond motifs is 1. The van der Waals surface area contributed by atoms with Gasteiger partial charge in [0.2, 0.25) is 53.2 Å². The SMILES string of the molecule is CSCC[C@@H]1NC(=O)[C@@H](NC(C)=O)C(C)(C)SSC[C@@H](C(N)=O)NC(=O)CNC(=O)[C@H](CCCN=C(N)N)NC(=O)[C@H](CC(C)C)NC(=O)[C@H](CCCN=C(N)N)NC(=O)[C@@H]2CCCN2C1=O. The molecule has 0 spiro atoms. The lowest BCUT2D eigenvalue weighted by molar-refractivity contribution is -0.142. The van der Waals surface area contributed by atoms with Gasteiger partial charge >= 0.3 is 0 Å². The molecular weight excluding hydrogens is 931 g/mol. The largest absolute Gasteiger partial charge is 0.370 e. The van der Waals surface area contributed by atoms with Crippen LogP contribution in [-0.2, 0) is 43.2 Å². The molecule has 2 aliphatic rings. The molecule has 0 aliphatic carbocycles. The van der Waals surface area contributed by atoms with Gasteiger partial charge < -0.3 is 70.8 Å². The van der Waals surface area contributed by atoms with Crippen molar-refractivity contribution in [2.24, 2.45) is 44.6 Å². The molecule has 2 saturated heterocycles. The van der Waals surface area contributed by atoms with Crippen LogP contribution in [0, 0.1) is 5.92 Å². The number of primary amides is 1. The molecular formula is C40H71N15O9S3. The molecule has 378 valence electrons. The van der Waals surface area contributed by atoms with Crippen molar-refractivity contribution in [3.8, 4) is 0 Å². The summed E-state index contributed by atoms with van der Waals surface area (Å²) in [7, 11) is 2.20. The summed E-state index contributed by atoms with van der Waals surface area (Å²) in [5.41, 5.74) is 27.6.